The molecular formula is C18H15ClF4N2O6. The van der Waals surface area contributed by atoms with E-state index in [9.17, 15) is 36.7 Å². The van der Waals surface area contributed by atoms with Crippen LogP contribution in [0.4, 0.5) is 17.6 Å². The normalized spacial score (nSPS) is 11.9. The smallest absolute Gasteiger partial charge is 0.431 e. The molecule has 0 unspecified atom stereocenters. The summed E-state index contributed by atoms with van der Waals surface area (Å²) >= 11 is 5.85. The number of nitrogens with zero attached hydrogens (tertiary/aromatic N) is 2. The predicted octanol–water partition coefficient (Wildman–Crippen LogP) is 2.46. The second-order valence-corrected chi connectivity index (χ2v) is 7.12. The maximum absolute atomic E-state index is 14.5. The van der Waals surface area contributed by atoms with Crippen LogP contribution < -0.4 is 11.2 Å². The van der Waals surface area contributed by atoms with E-state index in [2.05, 4.69) is 4.74 Å². The zero-order valence-corrected chi connectivity index (χ0v) is 17.2. The van der Waals surface area contributed by atoms with Crippen LogP contribution in [0, 0.1) is 5.82 Å². The van der Waals surface area contributed by atoms with Gasteiger partial charge in [0.05, 0.1) is 23.4 Å². The van der Waals surface area contributed by atoms with Crippen LogP contribution >= 0.6 is 11.6 Å². The van der Waals surface area contributed by atoms with Gasteiger partial charge in [-0.1, -0.05) is 11.6 Å². The Hall–Kier alpha value is -3.15. The molecule has 8 nitrogen and oxygen atoms in total. The van der Waals surface area contributed by atoms with E-state index in [0.29, 0.717) is 12.1 Å². The fourth-order valence-electron chi connectivity index (χ4n) is 2.56. The van der Waals surface area contributed by atoms with Crippen molar-refractivity contribution in [2.75, 3.05) is 7.11 Å². The van der Waals surface area contributed by atoms with E-state index in [0.717, 1.165) is 14.2 Å². The summed E-state index contributed by atoms with van der Waals surface area (Å²) in [6.07, 6.45) is -5.01. The molecule has 0 saturated heterocycles. The number of alkyl halides is 3. The first-order chi connectivity index (χ1) is 14.1. The lowest BCUT2D eigenvalue weighted by atomic mass is 10.1. The minimum absolute atomic E-state index is 0.100. The van der Waals surface area contributed by atoms with Crippen molar-refractivity contribution in [2.45, 2.75) is 25.6 Å². The first kappa shape index (κ1) is 24.1. The molecule has 0 saturated carbocycles. The highest BCUT2D eigenvalue weighted by Crippen LogP contribution is 2.28. The van der Waals surface area contributed by atoms with Crippen LogP contribution in [0.1, 0.15) is 29.9 Å². The summed E-state index contributed by atoms with van der Waals surface area (Å²) in [5, 5.41) is -0.497. The number of aromatic nitrogens is 2. The number of benzene rings is 1. The van der Waals surface area contributed by atoms with Crippen LogP contribution in [0.5, 0.6) is 0 Å². The molecule has 1 aromatic carbocycles. The number of esters is 2. The fraction of sp³-hybridized carbons (Fsp3) is 0.333. The molecule has 31 heavy (non-hydrogen) atoms. The lowest BCUT2D eigenvalue weighted by Crippen LogP contribution is -2.41. The van der Waals surface area contributed by atoms with E-state index in [1.807, 2.05) is 0 Å². The van der Waals surface area contributed by atoms with Crippen LogP contribution in [-0.2, 0) is 27.5 Å². The fourth-order valence-corrected chi connectivity index (χ4v) is 2.79. The summed E-state index contributed by atoms with van der Waals surface area (Å²) in [4.78, 5) is 48.7. The zero-order chi connectivity index (χ0) is 23.9. The molecule has 0 radical (unpaired) electrons. The van der Waals surface area contributed by atoms with Crippen LogP contribution in [0.15, 0.2) is 27.8 Å². The van der Waals surface area contributed by atoms with E-state index in [1.165, 1.54) is 13.8 Å². The summed E-state index contributed by atoms with van der Waals surface area (Å²) in [6.45, 7) is 2.40. The lowest BCUT2D eigenvalue weighted by Gasteiger charge is -2.22. The van der Waals surface area contributed by atoms with E-state index in [4.69, 9.17) is 16.3 Å². The Labute approximate surface area is 176 Å². The van der Waals surface area contributed by atoms with Crippen LogP contribution in [0.3, 0.4) is 0 Å². The van der Waals surface area contributed by atoms with Gasteiger partial charge in [-0.25, -0.2) is 23.3 Å². The van der Waals surface area contributed by atoms with E-state index >= 15 is 0 Å². The molecule has 0 aliphatic heterocycles. The van der Waals surface area contributed by atoms with Gasteiger partial charge in [-0.15, -0.1) is 0 Å². The van der Waals surface area contributed by atoms with Gasteiger partial charge in [-0.2, -0.15) is 13.2 Å². The summed E-state index contributed by atoms with van der Waals surface area (Å²) in [5.41, 5.74) is -7.73. The van der Waals surface area contributed by atoms with Gasteiger partial charge in [-0.05, 0) is 26.0 Å². The van der Waals surface area contributed by atoms with Gasteiger partial charge >= 0.3 is 23.8 Å². The Bertz CT molecular complexity index is 1180. The van der Waals surface area contributed by atoms with Crippen molar-refractivity contribution >= 4 is 23.5 Å². The molecule has 168 valence electrons. The minimum Gasteiger partial charge on any atom is -0.466 e. The molecule has 0 fully saturated rings. The van der Waals surface area contributed by atoms with Crippen molar-refractivity contribution < 1.29 is 36.6 Å². The van der Waals surface area contributed by atoms with E-state index in [-0.39, 0.29) is 15.2 Å². The highest BCUT2D eigenvalue weighted by Gasteiger charge is 2.36. The number of hydrogen-bond donors (Lipinski definition) is 0. The Morgan fingerprint density at radius 2 is 1.68 bits per heavy atom. The van der Waals surface area contributed by atoms with E-state index in [1.54, 1.807) is 0 Å². The molecule has 0 atom stereocenters. The number of ether oxygens (including phenoxy) is 2. The minimum atomic E-state index is -5.01. The molecule has 0 amide bonds. The Morgan fingerprint density at radius 3 is 2.19 bits per heavy atom. The summed E-state index contributed by atoms with van der Waals surface area (Å²) < 4.78 is 63.2. The molecule has 0 spiro atoms. The number of carbonyl (C=O) groups excluding carboxylic acids is 2. The molecule has 0 bridgehead atoms. The number of hydrogen-bond acceptors (Lipinski definition) is 6. The van der Waals surface area contributed by atoms with Gasteiger partial charge in [0.2, 0.25) is 5.60 Å². The number of rotatable bonds is 4. The second-order valence-electron chi connectivity index (χ2n) is 6.72. The van der Waals surface area contributed by atoms with Crippen LogP contribution in [0.2, 0.25) is 5.02 Å². The molecule has 0 aliphatic rings. The van der Waals surface area contributed by atoms with Crippen molar-refractivity contribution in [3.05, 3.63) is 61.1 Å². The largest absolute Gasteiger partial charge is 0.466 e. The molecule has 0 aliphatic carbocycles. The quantitative estimate of drug-likeness (QED) is 0.507. The van der Waals surface area contributed by atoms with Gasteiger partial charge in [0.15, 0.2) is 0 Å². The van der Waals surface area contributed by atoms with Crippen molar-refractivity contribution in [1.29, 1.82) is 0 Å². The van der Waals surface area contributed by atoms with Crippen LogP contribution in [-0.4, -0.2) is 33.8 Å². The standard InChI is InChI=1S/C18H15ClF4N2O6/c1-17(2,15(28)30-4)31-14(27)8-5-11(10(20)6-9(8)19)25-13(26)7-12(18(21,22)23)24(3)16(25)29/h5-7H,1-4H3. The molecule has 1 aromatic heterocycles. The van der Waals surface area contributed by atoms with Crippen molar-refractivity contribution in [1.82, 2.24) is 9.13 Å². The summed E-state index contributed by atoms with van der Waals surface area (Å²) in [5.74, 6) is -3.43. The lowest BCUT2D eigenvalue weighted by molar-refractivity contribution is -0.159. The Morgan fingerprint density at radius 1 is 1.10 bits per heavy atom. The van der Waals surface area contributed by atoms with Gasteiger partial charge < -0.3 is 9.47 Å². The SMILES string of the molecule is COC(=O)C(C)(C)OC(=O)c1cc(-n2c(=O)cc(C(F)(F)F)n(C)c2=O)c(F)cc1Cl. The van der Waals surface area contributed by atoms with Gasteiger partial charge in [0, 0.05) is 13.1 Å². The topological polar surface area (TPSA) is 96.6 Å². The number of halogens is 5. The molecule has 0 N–H and O–H groups in total. The molecule has 1 heterocycles. The van der Waals surface area contributed by atoms with Crippen molar-refractivity contribution in [2.24, 2.45) is 7.05 Å². The first-order valence-corrected chi connectivity index (χ1v) is 8.71. The predicted molar refractivity (Wildman–Crippen MR) is 98.8 cm³/mol. The zero-order valence-electron chi connectivity index (χ0n) is 16.5. The van der Waals surface area contributed by atoms with Crippen molar-refractivity contribution in [3.8, 4) is 5.69 Å². The average molecular weight is 467 g/mol. The molecule has 2 aromatic rings. The Balaban J connectivity index is 2.68. The molecule has 2 rings (SSSR count). The third-order valence-electron chi connectivity index (χ3n) is 4.13. The van der Waals surface area contributed by atoms with Crippen molar-refractivity contribution in [3.63, 3.8) is 0 Å². The van der Waals surface area contributed by atoms with Gasteiger partial charge in [-0.3, -0.25) is 9.36 Å². The van der Waals surface area contributed by atoms with Crippen LogP contribution in [0.25, 0.3) is 5.69 Å². The molecule has 13 heteroatoms. The Kier molecular flexibility index (Phi) is 6.36. The maximum atomic E-state index is 14.5. The second kappa shape index (κ2) is 8.17. The van der Waals surface area contributed by atoms with Gasteiger partial charge in [0.1, 0.15) is 11.5 Å². The summed E-state index contributed by atoms with van der Waals surface area (Å²) in [7, 11) is 1.79. The summed E-state index contributed by atoms with van der Waals surface area (Å²) in [6, 6.07) is 1.33. The van der Waals surface area contributed by atoms with Gasteiger partial charge in [0.25, 0.3) is 5.56 Å². The first-order valence-electron chi connectivity index (χ1n) is 8.33. The number of methoxy groups -OCH3 is 1. The monoisotopic (exact) mass is 466 g/mol. The number of carbonyl (C=O) groups is 2. The average Bonchev–Trinajstić information content (AvgIpc) is 2.64. The highest BCUT2D eigenvalue weighted by molar-refractivity contribution is 6.33. The maximum Gasteiger partial charge on any atom is 0.431 e. The third kappa shape index (κ3) is 4.63. The third-order valence-corrected chi connectivity index (χ3v) is 4.45. The highest BCUT2D eigenvalue weighted by atomic mass is 35.5. The van der Waals surface area contributed by atoms with E-state index < -0.39 is 62.7 Å². The molecular weight excluding hydrogens is 452 g/mol.